The Morgan fingerprint density at radius 1 is 1.21 bits per heavy atom. The summed E-state index contributed by atoms with van der Waals surface area (Å²) in [5.74, 6) is 0.859. The lowest BCUT2D eigenvalue weighted by molar-refractivity contribution is 0.363. The maximum absolute atomic E-state index is 6.18. The molecule has 0 spiro atoms. The van der Waals surface area contributed by atoms with Gasteiger partial charge in [0.2, 0.25) is 0 Å². The van der Waals surface area contributed by atoms with Gasteiger partial charge in [-0.25, -0.2) is 0 Å². The zero-order chi connectivity index (χ0) is 16.5. The molecule has 4 rings (SSSR count). The van der Waals surface area contributed by atoms with Gasteiger partial charge in [-0.15, -0.1) is 0 Å². The molecule has 4 heteroatoms. The molecule has 1 aromatic heterocycles. The normalized spacial score (nSPS) is 16.8. The van der Waals surface area contributed by atoms with Gasteiger partial charge in [0.15, 0.2) is 0 Å². The predicted molar refractivity (Wildman–Crippen MR) is 99.0 cm³/mol. The van der Waals surface area contributed by atoms with Gasteiger partial charge in [-0.2, -0.15) is 0 Å². The van der Waals surface area contributed by atoms with E-state index in [4.69, 9.17) is 16.3 Å². The number of benzene rings is 2. The molecule has 0 bridgehead atoms. The van der Waals surface area contributed by atoms with Gasteiger partial charge in [0.25, 0.3) is 0 Å². The summed E-state index contributed by atoms with van der Waals surface area (Å²) in [5.41, 5.74) is 4.96. The van der Waals surface area contributed by atoms with Crippen LogP contribution in [-0.2, 0) is 6.42 Å². The zero-order valence-electron chi connectivity index (χ0n) is 13.3. The second kappa shape index (κ2) is 6.34. The number of nitrogens with one attached hydrogen (secondary N) is 2. The molecule has 0 saturated carbocycles. The van der Waals surface area contributed by atoms with E-state index in [0.29, 0.717) is 6.61 Å². The number of ether oxygens (including phenoxy) is 1. The van der Waals surface area contributed by atoms with E-state index >= 15 is 0 Å². The molecule has 3 nitrogen and oxygen atoms in total. The third kappa shape index (κ3) is 2.70. The molecular formula is C20H19ClN2O. The smallest absolute Gasteiger partial charge is 0.119 e. The standard InChI is InChI=1S/C20H19ClN2O/c1-2-11-24-15-6-3-13(4-7-15)19-20-16(9-10-22-19)17-12-14(21)5-8-18(17)23-20/h2-8,12,19,22-23H,1,9-11H2/t19-/m0/s1. The molecule has 0 radical (unpaired) electrons. The Morgan fingerprint density at radius 2 is 2.04 bits per heavy atom. The van der Waals surface area contributed by atoms with Crippen molar-refractivity contribution < 1.29 is 4.74 Å². The van der Waals surface area contributed by atoms with Gasteiger partial charge in [0.1, 0.15) is 12.4 Å². The molecule has 3 aromatic rings. The van der Waals surface area contributed by atoms with Crippen LogP contribution >= 0.6 is 11.6 Å². The summed E-state index contributed by atoms with van der Waals surface area (Å²) in [6.45, 7) is 5.14. The maximum atomic E-state index is 6.18. The molecule has 1 aliphatic heterocycles. The van der Waals surface area contributed by atoms with E-state index in [2.05, 4.69) is 41.1 Å². The average Bonchev–Trinajstić information content (AvgIpc) is 2.98. The highest BCUT2D eigenvalue weighted by atomic mass is 35.5. The lowest BCUT2D eigenvalue weighted by Crippen LogP contribution is -2.30. The third-order valence-electron chi connectivity index (χ3n) is 4.49. The zero-order valence-corrected chi connectivity index (χ0v) is 14.1. The lowest BCUT2D eigenvalue weighted by atomic mass is 9.94. The van der Waals surface area contributed by atoms with Crippen LogP contribution in [0.15, 0.2) is 55.1 Å². The van der Waals surface area contributed by atoms with E-state index in [-0.39, 0.29) is 6.04 Å². The maximum Gasteiger partial charge on any atom is 0.119 e. The second-order valence-electron chi connectivity index (χ2n) is 6.01. The summed E-state index contributed by atoms with van der Waals surface area (Å²) in [5, 5.41) is 5.62. The average molecular weight is 339 g/mol. The fraction of sp³-hybridized carbons (Fsp3) is 0.200. The van der Waals surface area contributed by atoms with Gasteiger partial charge >= 0.3 is 0 Å². The van der Waals surface area contributed by atoms with Gasteiger partial charge in [-0.05, 0) is 47.9 Å². The Labute approximate surface area is 146 Å². The van der Waals surface area contributed by atoms with Crippen LogP contribution in [0.2, 0.25) is 5.02 Å². The van der Waals surface area contributed by atoms with Crippen LogP contribution in [0.25, 0.3) is 10.9 Å². The van der Waals surface area contributed by atoms with Crippen molar-refractivity contribution in [3.8, 4) is 5.75 Å². The van der Waals surface area contributed by atoms with Crippen molar-refractivity contribution in [2.24, 2.45) is 0 Å². The number of halogens is 1. The largest absolute Gasteiger partial charge is 0.490 e. The van der Waals surface area contributed by atoms with Crippen LogP contribution in [0, 0.1) is 0 Å². The summed E-state index contributed by atoms with van der Waals surface area (Å²) in [6, 6.07) is 14.4. The highest BCUT2D eigenvalue weighted by molar-refractivity contribution is 6.31. The molecule has 24 heavy (non-hydrogen) atoms. The van der Waals surface area contributed by atoms with Gasteiger partial charge in [-0.3, -0.25) is 0 Å². The van der Waals surface area contributed by atoms with Crippen molar-refractivity contribution in [1.29, 1.82) is 0 Å². The molecule has 2 N–H and O–H groups in total. The number of hydrogen-bond acceptors (Lipinski definition) is 2. The number of fused-ring (bicyclic) bond motifs is 3. The monoisotopic (exact) mass is 338 g/mol. The summed E-state index contributed by atoms with van der Waals surface area (Å²) >= 11 is 6.18. The van der Waals surface area contributed by atoms with Crippen molar-refractivity contribution in [3.05, 3.63) is 77.0 Å². The molecule has 1 atom stereocenters. The van der Waals surface area contributed by atoms with Crippen LogP contribution < -0.4 is 10.1 Å². The Kier molecular flexibility index (Phi) is 4.05. The number of H-pyrrole nitrogens is 1. The fourth-order valence-electron chi connectivity index (χ4n) is 3.40. The fourth-order valence-corrected chi connectivity index (χ4v) is 3.57. The minimum Gasteiger partial charge on any atom is -0.490 e. The van der Waals surface area contributed by atoms with Gasteiger partial charge in [0, 0.05) is 28.2 Å². The molecule has 0 fully saturated rings. The van der Waals surface area contributed by atoms with Gasteiger partial charge < -0.3 is 15.0 Å². The van der Waals surface area contributed by atoms with Crippen LogP contribution in [0.5, 0.6) is 5.75 Å². The van der Waals surface area contributed by atoms with Crippen molar-refractivity contribution in [2.75, 3.05) is 13.2 Å². The summed E-state index contributed by atoms with van der Waals surface area (Å²) < 4.78 is 5.57. The molecule has 2 heterocycles. The van der Waals surface area contributed by atoms with Crippen molar-refractivity contribution in [2.45, 2.75) is 12.5 Å². The molecular weight excluding hydrogens is 320 g/mol. The first-order chi connectivity index (χ1) is 11.8. The van der Waals surface area contributed by atoms with Crippen molar-refractivity contribution >= 4 is 22.5 Å². The number of aromatic nitrogens is 1. The van der Waals surface area contributed by atoms with Gasteiger partial charge in [-0.1, -0.05) is 36.4 Å². The molecule has 0 unspecified atom stereocenters. The highest BCUT2D eigenvalue weighted by Gasteiger charge is 2.25. The van der Waals surface area contributed by atoms with Crippen LogP contribution in [-0.4, -0.2) is 18.1 Å². The van der Waals surface area contributed by atoms with E-state index in [1.54, 1.807) is 6.08 Å². The summed E-state index contributed by atoms with van der Waals surface area (Å²) in [4.78, 5) is 3.58. The van der Waals surface area contributed by atoms with Crippen LogP contribution in [0.3, 0.4) is 0 Å². The van der Waals surface area contributed by atoms with Gasteiger partial charge in [0.05, 0.1) is 6.04 Å². The summed E-state index contributed by atoms with van der Waals surface area (Å²) in [7, 11) is 0. The Bertz CT molecular complexity index is 883. The van der Waals surface area contributed by atoms with E-state index in [1.165, 1.54) is 22.2 Å². The third-order valence-corrected chi connectivity index (χ3v) is 4.73. The van der Waals surface area contributed by atoms with Crippen molar-refractivity contribution in [1.82, 2.24) is 10.3 Å². The molecule has 0 saturated heterocycles. The Morgan fingerprint density at radius 3 is 2.83 bits per heavy atom. The molecule has 2 aromatic carbocycles. The Hall–Kier alpha value is -2.23. The SMILES string of the molecule is C=CCOc1ccc([C@@H]2NCCc3c2[nH]c2ccc(Cl)cc32)cc1. The van der Waals surface area contributed by atoms with E-state index in [9.17, 15) is 0 Å². The Balaban J connectivity index is 1.71. The topological polar surface area (TPSA) is 37.0 Å². The molecule has 0 aliphatic carbocycles. The van der Waals surface area contributed by atoms with E-state index in [0.717, 1.165) is 29.3 Å². The first-order valence-electron chi connectivity index (χ1n) is 8.13. The second-order valence-corrected chi connectivity index (χ2v) is 6.45. The molecule has 122 valence electrons. The minimum atomic E-state index is 0.161. The number of hydrogen-bond donors (Lipinski definition) is 2. The number of rotatable bonds is 4. The number of aromatic amines is 1. The predicted octanol–water partition coefficient (Wildman–Crippen LogP) is 4.62. The van der Waals surface area contributed by atoms with Crippen molar-refractivity contribution in [3.63, 3.8) is 0 Å². The van der Waals surface area contributed by atoms with E-state index < -0.39 is 0 Å². The minimum absolute atomic E-state index is 0.161. The van der Waals surface area contributed by atoms with E-state index in [1.807, 2.05) is 18.2 Å². The first kappa shape index (κ1) is 15.3. The van der Waals surface area contributed by atoms with Crippen LogP contribution in [0.1, 0.15) is 22.9 Å². The molecule has 0 amide bonds. The lowest BCUT2D eigenvalue weighted by Gasteiger charge is -2.25. The summed E-state index contributed by atoms with van der Waals surface area (Å²) in [6.07, 6.45) is 2.76. The highest BCUT2D eigenvalue weighted by Crippen LogP contribution is 2.34. The quantitative estimate of drug-likeness (QED) is 0.681. The van der Waals surface area contributed by atoms with Crippen LogP contribution in [0.4, 0.5) is 0 Å². The first-order valence-corrected chi connectivity index (χ1v) is 8.51. The molecule has 1 aliphatic rings.